The number of likely N-dealkylation sites (tertiary alicyclic amines) is 1. The fraction of sp³-hybridized carbons (Fsp3) is 0.414. The molecule has 192 valence electrons. The van der Waals surface area contributed by atoms with Crippen molar-refractivity contribution in [2.45, 2.75) is 56.8 Å². The standard InChI is InChI=1S/C29H31N3O5/c33-27(24-4-1-17-32(24)29(35)26-6-3-19-37-26)30-22-13-9-20(10-14-22)7-8-21-11-15-23(16-12-21)31-28(34)25-5-2-18-36-25/h9-16,24-26H,1-6,17-19H2,(H,30,33)(H,31,34)/t24-,25+,26+/m0/s1. The van der Waals surface area contributed by atoms with Crippen molar-refractivity contribution in [3.05, 3.63) is 59.7 Å². The first-order chi connectivity index (χ1) is 18.1. The number of rotatable bonds is 5. The summed E-state index contributed by atoms with van der Waals surface area (Å²) in [5.41, 5.74) is 3.01. The minimum Gasteiger partial charge on any atom is -0.368 e. The van der Waals surface area contributed by atoms with Crippen molar-refractivity contribution < 1.29 is 23.9 Å². The highest BCUT2D eigenvalue weighted by molar-refractivity contribution is 5.98. The molecule has 0 spiro atoms. The van der Waals surface area contributed by atoms with Gasteiger partial charge in [0.2, 0.25) is 5.91 Å². The van der Waals surface area contributed by atoms with Crippen molar-refractivity contribution in [1.29, 1.82) is 0 Å². The van der Waals surface area contributed by atoms with Gasteiger partial charge in [-0.05, 0) is 87.1 Å². The number of carbonyl (C=O) groups is 3. The molecule has 37 heavy (non-hydrogen) atoms. The van der Waals surface area contributed by atoms with E-state index in [1.165, 1.54) is 0 Å². The minimum atomic E-state index is -0.463. The summed E-state index contributed by atoms with van der Waals surface area (Å²) in [6.07, 6.45) is 3.98. The van der Waals surface area contributed by atoms with Crippen LogP contribution in [0.25, 0.3) is 0 Å². The van der Waals surface area contributed by atoms with Gasteiger partial charge in [-0.3, -0.25) is 14.4 Å². The van der Waals surface area contributed by atoms with Crippen LogP contribution in [-0.4, -0.2) is 60.6 Å². The second-order valence-electron chi connectivity index (χ2n) is 9.58. The third-order valence-corrected chi connectivity index (χ3v) is 6.92. The van der Waals surface area contributed by atoms with Gasteiger partial charge in [0, 0.05) is 42.3 Å². The number of nitrogens with one attached hydrogen (secondary N) is 2. The number of amides is 3. The molecule has 5 rings (SSSR count). The van der Waals surface area contributed by atoms with E-state index in [0.29, 0.717) is 37.6 Å². The summed E-state index contributed by atoms with van der Waals surface area (Å²) in [4.78, 5) is 39.5. The van der Waals surface area contributed by atoms with Crippen LogP contribution >= 0.6 is 0 Å². The maximum Gasteiger partial charge on any atom is 0.253 e. The van der Waals surface area contributed by atoms with E-state index >= 15 is 0 Å². The molecule has 0 radical (unpaired) electrons. The lowest BCUT2D eigenvalue weighted by Crippen LogP contribution is -2.47. The van der Waals surface area contributed by atoms with Crippen molar-refractivity contribution in [3.8, 4) is 11.8 Å². The Morgan fingerprint density at radius 3 is 1.78 bits per heavy atom. The Bertz CT molecular complexity index is 1190. The Balaban J connectivity index is 1.14. The van der Waals surface area contributed by atoms with Crippen LogP contribution in [0.3, 0.4) is 0 Å². The second kappa shape index (κ2) is 11.6. The predicted molar refractivity (Wildman–Crippen MR) is 139 cm³/mol. The second-order valence-corrected chi connectivity index (χ2v) is 9.58. The first-order valence-electron chi connectivity index (χ1n) is 12.9. The monoisotopic (exact) mass is 501 g/mol. The number of nitrogens with zero attached hydrogens (tertiary/aromatic N) is 1. The molecule has 0 aliphatic carbocycles. The maximum atomic E-state index is 12.9. The van der Waals surface area contributed by atoms with Gasteiger partial charge in [0.15, 0.2) is 0 Å². The van der Waals surface area contributed by atoms with Gasteiger partial charge in [-0.2, -0.15) is 0 Å². The zero-order valence-corrected chi connectivity index (χ0v) is 20.7. The molecule has 3 fully saturated rings. The maximum absolute atomic E-state index is 12.9. The molecule has 3 aliphatic rings. The van der Waals surface area contributed by atoms with Gasteiger partial charge in [-0.25, -0.2) is 0 Å². The van der Waals surface area contributed by atoms with E-state index in [1.807, 2.05) is 48.5 Å². The van der Waals surface area contributed by atoms with Crippen LogP contribution in [0.1, 0.15) is 49.7 Å². The van der Waals surface area contributed by atoms with Crippen LogP contribution in [0.15, 0.2) is 48.5 Å². The fourth-order valence-electron chi connectivity index (χ4n) is 4.91. The van der Waals surface area contributed by atoms with E-state index in [9.17, 15) is 14.4 Å². The van der Waals surface area contributed by atoms with Crippen LogP contribution in [0, 0.1) is 11.8 Å². The SMILES string of the molecule is O=C(Nc1ccc(C#Cc2ccc(NC(=O)[C@@H]3CCCN3C(=O)[C@H]3CCCO3)cc2)cc1)[C@H]1CCCO1. The van der Waals surface area contributed by atoms with E-state index in [-0.39, 0.29) is 23.8 Å². The molecule has 3 aliphatic heterocycles. The minimum absolute atomic E-state index is 0.0704. The third kappa shape index (κ3) is 6.19. The van der Waals surface area contributed by atoms with E-state index < -0.39 is 12.1 Å². The van der Waals surface area contributed by atoms with Crippen LogP contribution < -0.4 is 10.6 Å². The summed E-state index contributed by atoms with van der Waals surface area (Å²) in [5.74, 6) is 5.88. The molecule has 3 amide bonds. The molecular weight excluding hydrogens is 470 g/mol. The number of ether oxygens (including phenoxy) is 2. The zero-order chi connectivity index (χ0) is 25.6. The molecular formula is C29H31N3O5. The fourth-order valence-corrected chi connectivity index (χ4v) is 4.91. The van der Waals surface area contributed by atoms with Gasteiger partial charge >= 0.3 is 0 Å². The van der Waals surface area contributed by atoms with Crippen molar-refractivity contribution >= 4 is 29.1 Å². The van der Waals surface area contributed by atoms with Crippen molar-refractivity contribution in [3.63, 3.8) is 0 Å². The summed E-state index contributed by atoms with van der Waals surface area (Å²) in [7, 11) is 0. The van der Waals surface area contributed by atoms with Crippen LogP contribution in [-0.2, 0) is 23.9 Å². The summed E-state index contributed by atoms with van der Waals surface area (Å²) in [6, 6.07) is 14.2. The van der Waals surface area contributed by atoms with E-state index in [2.05, 4.69) is 22.5 Å². The molecule has 2 aromatic carbocycles. The van der Waals surface area contributed by atoms with E-state index in [0.717, 1.165) is 43.2 Å². The van der Waals surface area contributed by atoms with Crippen molar-refractivity contribution in [2.24, 2.45) is 0 Å². The van der Waals surface area contributed by atoms with Crippen LogP contribution in [0.5, 0.6) is 0 Å². The van der Waals surface area contributed by atoms with Gasteiger partial charge in [-0.1, -0.05) is 11.8 Å². The van der Waals surface area contributed by atoms with E-state index in [1.54, 1.807) is 4.90 Å². The molecule has 0 unspecified atom stereocenters. The molecule has 2 N–H and O–H groups in total. The predicted octanol–water partition coefficient (Wildman–Crippen LogP) is 3.31. The topological polar surface area (TPSA) is 97.0 Å². The summed E-state index contributed by atoms with van der Waals surface area (Å²) < 4.78 is 10.9. The number of carbonyl (C=O) groups excluding carboxylic acids is 3. The Labute approximate surface area is 216 Å². The lowest BCUT2D eigenvalue weighted by Gasteiger charge is -2.26. The van der Waals surface area contributed by atoms with Crippen LogP contribution in [0.2, 0.25) is 0 Å². The lowest BCUT2D eigenvalue weighted by atomic mass is 10.1. The molecule has 0 bridgehead atoms. The Morgan fingerprint density at radius 1 is 0.703 bits per heavy atom. The number of benzene rings is 2. The molecule has 8 heteroatoms. The molecule has 3 saturated heterocycles. The highest BCUT2D eigenvalue weighted by Crippen LogP contribution is 2.24. The van der Waals surface area contributed by atoms with Crippen molar-refractivity contribution in [1.82, 2.24) is 4.90 Å². The Morgan fingerprint density at radius 2 is 1.24 bits per heavy atom. The van der Waals surface area contributed by atoms with E-state index in [4.69, 9.17) is 9.47 Å². The highest BCUT2D eigenvalue weighted by atomic mass is 16.5. The molecule has 2 aromatic rings. The zero-order valence-electron chi connectivity index (χ0n) is 20.7. The molecule has 3 atom stereocenters. The summed E-state index contributed by atoms with van der Waals surface area (Å²) in [6.45, 7) is 1.83. The normalized spacial score (nSPS) is 22.8. The first kappa shape index (κ1) is 25.0. The number of hydrogen-bond donors (Lipinski definition) is 2. The van der Waals surface area contributed by atoms with Gasteiger partial charge in [-0.15, -0.1) is 0 Å². The summed E-state index contributed by atoms with van der Waals surface area (Å²) >= 11 is 0. The summed E-state index contributed by atoms with van der Waals surface area (Å²) in [5, 5.41) is 5.81. The third-order valence-electron chi connectivity index (χ3n) is 6.92. The van der Waals surface area contributed by atoms with Crippen molar-refractivity contribution in [2.75, 3.05) is 30.4 Å². The van der Waals surface area contributed by atoms with Crippen LogP contribution in [0.4, 0.5) is 11.4 Å². The number of hydrogen-bond acceptors (Lipinski definition) is 5. The van der Waals surface area contributed by atoms with Gasteiger partial charge in [0.25, 0.3) is 11.8 Å². The largest absolute Gasteiger partial charge is 0.368 e. The molecule has 0 aromatic heterocycles. The lowest BCUT2D eigenvalue weighted by molar-refractivity contribution is -0.144. The molecule has 3 heterocycles. The van der Waals surface area contributed by atoms with Gasteiger partial charge in [0.1, 0.15) is 18.2 Å². The average molecular weight is 502 g/mol. The number of anilines is 2. The molecule has 0 saturated carbocycles. The first-order valence-corrected chi connectivity index (χ1v) is 12.9. The smallest absolute Gasteiger partial charge is 0.253 e. The van der Waals surface area contributed by atoms with Gasteiger partial charge < -0.3 is 25.0 Å². The quantitative estimate of drug-likeness (QED) is 0.613. The average Bonchev–Trinajstić information content (AvgIpc) is 3.71. The molecule has 8 nitrogen and oxygen atoms in total. The Hall–Kier alpha value is -3.67. The van der Waals surface area contributed by atoms with Gasteiger partial charge in [0.05, 0.1) is 0 Å². The Kier molecular flexibility index (Phi) is 7.83. The highest BCUT2D eigenvalue weighted by Gasteiger charge is 2.38.